The highest BCUT2D eigenvalue weighted by Crippen LogP contribution is 2.21. The molecule has 0 atom stereocenters. The van der Waals surface area contributed by atoms with Crippen molar-refractivity contribution in [2.45, 2.75) is 38.6 Å². The highest BCUT2D eigenvalue weighted by molar-refractivity contribution is 7.89. The Morgan fingerprint density at radius 1 is 1.04 bits per heavy atom. The van der Waals surface area contributed by atoms with Gasteiger partial charge in [-0.1, -0.05) is 12.1 Å². The van der Waals surface area contributed by atoms with Gasteiger partial charge in [-0.2, -0.15) is 4.31 Å². The number of benzene rings is 2. The summed E-state index contributed by atoms with van der Waals surface area (Å²) in [6, 6.07) is 11.1. The molecule has 0 aromatic heterocycles. The minimum absolute atomic E-state index is 0.0678. The Kier molecular flexibility index (Phi) is 5.65. The molecule has 2 aromatic rings. The Hall–Kier alpha value is -2.18. The van der Waals surface area contributed by atoms with Crippen LogP contribution in [0.2, 0.25) is 0 Å². The van der Waals surface area contributed by atoms with Gasteiger partial charge in [0.1, 0.15) is 5.75 Å². The molecule has 0 saturated carbocycles. The lowest BCUT2D eigenvalue weighted by molar-refractivity contribution is 0.0734. The summed E-state index contributed by atoms with van der Waals surface area (Å²) in [6.07, 6.45) is 0. The maximum absolute atomic E-state index is 12.6. The van der Waals surface area contributed by atoms with Crippen molar-refractivity contribution in [1.82, 2.24) is 4.31 Å². The molecular weight excluding hydrogens is 338 g/mol. The highest BCUT2D eigenvalue weighted by Gasteiger charge is 2.24. The normalized spacial score (nSPS) is 11.8. The first-order chi connectivity index (χ1) is 11.6. The third-order valence-electron chi connectivity index (χ3n) is 4.16. The van der Waals surface area contributed by atoms with Crippen LogP contribution in [0, 0.1) is 13.8 Å². The monoisotopic (exact) mass is 361 g/mol. The van der Waals surface area contributed by atoms with Gasteiger partial charge in [0.2, 0.25) is 10.0 Å². The number of hydrogen-bond acceptors (Lipinski definition) is 4. The molecule has 6 heteroatoms. The van der Waals surface area contributed by atoms with E-state index in [2.05, 4.69) is 0 Å². The summed E-state index contributed by atoms with van der Waals surface area (Å²) < 4.78 is 31.8. The minimum atomic E-state index is -3.65. The Morgan fingerprint density at radius 3 is 2.32 bits per heavy atom. The molecular formula is C19H23NO4S. The smallest absolute Gasteiger partial charge is 0.343 e. The summed E-state index contributed by atoms with van der Waals surface area (Å²) in [6.45, 7) is 7.48. The molecule has 0 radical (unpaired) electrons. The predicted octanol–water partition coefficient (Wildman–Crippen LogP) is 3.55. The van der Waals surface area contributed by atoms with E-state index in [1.807, 2.05) is 19.9 Å². The minimum Gasteiger partial charge on any atom is -0.423 e. The molecule has 5 nitrogen and oxygen atoms in total. The average molecular weight is 361 g/mol. The molecule has 0 saturated heterocycles. The summed E-state index contributed by atoms with van der Waals surface area (Å²) >= 11 is 0. The van der Waals surface area contributed by atoms with Gasteiger partial charge in [0.15, 0.2) is 0 Å². The van der Waals surface area contributed by atoms with Crippen molar-refractivity contribution in [3.63, 3.8) is 0 Å². The van der Waals surface area contributed by atoms with Crippen LogP contribution in [0.4, 0.5) is 0 Å². The topological polar surface area (TPSA) is 63.7 Å². The number of rotatable bonds is 5. The van der Waals surface area contributed by atoms with Gasteiger partial charge in [-0.3, -0.25) is 0 Å². The number of aryl methyl sites for hydroxylation is 2. The number of sulfonamides is 1. The number of esters is 1. The second-order valence-electron chi connectivity index (χ2n) is 6.28. The second-order valence-corrected chi connectivity index (χ2v) is 8.28. The number of hydrogen-bond donors (Lipinski definition) is 0. The van der Waals surface area contributed by atoms with E-state index in [1.54, 1.807) is 26.0 Å². The largest absolute Gasteiger partial charge is 0.423 e. The number of nitrogens with zero attached hydrogens (tertiary/aromatic N) is 1. The van der Waals surface area contributed by atoms with Gasteiger partial charge in [0.25, 0.3) is 0 Å². The lowest BCUT2D eigenvalue weighted by Crippen LogP contribution is -2.33. The van der Waals surface area contributed by atoms with Crippen molar-refractivity contribution in [2.24, 2.45) is 0 Å². The molecule has 0 aliphatic carbocycles. The van der Waals surface area contributed by atoms with E-state index in [1.165, 1.54) is 35.6 Å². The van der Waals surface area contributed by atoms with Crippen LogP contribution in [0.1, 0.15) is 35.3 Å². The number of carbonyl (C=O) groups is 1. The second kappa shape index (κ2) is 7.37. The standard InChI is InChI=1S/C19H23NO4S/c1-13(2)20(5)25(22,23)18-8-6-7-16(12-18)19(21)24-17-10-9-14(3)15(4)11-17/h6-13H,1-5H3. The molecule has 0 unspecified atom stereocenters. The fourth-order valence-electron chi connectivity index (χ4n) is 2.17. The van der Waals surface area contributed by atoms with Gasteiger partial charge < -0.3 is 4.74 Å². The van der Waals surface area contributed by atoms with Crippen molar-refractivity contribution in [3.8, 4) is 5.75 Å². The van der Waals surface area contributed by atoms with E-state index in [0.717, 1.165) is 11.1 Å². The third kappa shape index (κ3) is 4.27. The summed E-state index contributed by atoms with van der Waals surface area (Å²) in [7, 11) is -2.14. The van der Waals surface area contributed by atoms with E-state index >= 15 is 0 Å². The quantitative estimate of drug-likeness (QED) is 0.603. The van der Waals surface area contributed by atoms with Gasteiger partial charge >= 0.3 is 5.97 Å². The van der Waals surface area contributed by atoms with E-state index in [9.17, 15) is 13.2 Å². The lowest BCUT2D eigenvalue weighted by atomic mass is 10.1. The first-order valence-corrected chi connectivity index (χ1v) is 9.44. The Morgan fingerprint density at radius 2 is 1.72 bits per heavy atom. The van der Waals surface area contributed by atoms with Gasteiger partial charge in [-0.15, -0.1) is 0 Å². The van der Waals surface area contributed by atoms with Gasteiger partial charge in [-0.05, 0) is 69.2 Å². The summed E-state index contributed by atoms with van der Waals surface area (Å²) in [5.41, 5.74) is 2.31. The van der Waals surface area contributed by atoms with Crippen molar-refractivity contribution < 1.29 is 17.9 Å². The van der Waals surface area contributed by atoms with Crippen molar-refractivity contribution in [1.29, 1.82) is 0 Å². The van der Waals surface area contributed by atoms with Gasteiger partial charge in [0, 0.05) is 13.1 Å². The zero-order valence-electron chi connectivity index (χ0n) is 15.1. The maximum Gasteiger partial charge on any atom is 0.343 e. The van der Waals surface area contributed by atoms with Crippen LogP contribution >= 0.6 is 0 Å². The summed E-state index contributed by atoms with van der Waals surface area (Å²) in [5.74, 6) is -0.159. The average Bonchev–Trinajstić information content (AvgIpc) is 2.57. The zero-order chi connectivity index (χ0) is 18.8. The Bertz CT molecular complexity index is 888. The van der Waals surface area contributed by atoms with E-state index < -0.39 is 16.0 Å². The highest BCUT2D eigenvalue weighted by atomic mass is 32.2. The SMILES string of the molecule is Cc1ccc(OC(=O)c2cccc(S(=O)(=O)N(C)C(C)C)c2)cc1C. The molecule has 25 heavy (non-hydrogen) atoms. The number of ether oxygens (including phenoxy) is 1. The third-order valence-corrected chi connectivity index (χ3v) is 6.19. The molecule has 0 fully saturated rings. The van der Waals surface area contributed by atoms with Crippen LogP contribution in [0.25, 0.3) is 0 Å². The maximum atomic E-state index is 12.6. The molecule has 2 rings (SSSR count). The van der Waals surface area contributed by atoms with Gasteiger partial charge in [0.05, 0.1) is 10.5 Å². The van der Waals surface area contributed by atoms with Crippen LogP contribution in [-0.2, 0) is 10.0 Å². The van der Waals surface area contributed by atoms with E-state index in [4.69, 9.17) is 4.74 Å². The molecule has 0 heterocycles. The molecule has 134 valence electrons. The van der Waals surface area contributed by atoms with Crippen LogP contribution < -0.4 is 4.74 Å². The van der Waals surface area contributed by atoms with Crippen molar-refractivity contribution in [2.75, 3.05) is 7.05 Å². The van der Waals surface area contributed by atoms with E-state index in [0.29, 0.717) is 5.75 Å². The van der Waals surface area contributed by atoms with Crippen molar-refractivity contribution >= 4 is 16.0 Å². The summed E-state index contributed by atoms with van der Waals surface area (Å²) in [4.78, 5) is 12.4. The van der Waals surface area contributed by atoms with Crippen LogP contribution in [0.5, 0.6) is 5.75 Å². The van der Waals surface area contributed by atoms with Crippen LogP contribution in [0.3, 0.4) is 0 Å². The molecule has 0 N–H and O–H groups in total. The zero-order valence-corrected chi connectivity index (χ0v) is 15.9. The predicted molar refractivity (Wildman–Crippen MR) is 97.4 cm³/mol. The number of carbonyl (C=O) groups excluding carboxylic acids is 1. The molecule has 0 aliphatic heterocycles. The Labute approximate surface area is 149 Å². The van der Waals surface area contributed by atoms with Crippen molar-refractivity contribution in [3.05, 3.63) is 59.2 Å². The molecule has 0 amide bonds. The van der Waals surface area contributed by atoms with Gasteiger partial charge in [-0.25, -0.2) is 13.2 Å². The van der Waals surface area contributed by atoms with Crippen LogP contribution in [0.15, 0.2) is 47.4 Å². The first kappa shape index (κ1) is 19.1. The Balaban J connectivity index is 2.29. The fourth-order valence-corrected chi connectivity index (χ4v) is 3.58. The van der Waals surface area contributed by atoms with E-state index in [-0.39, 0.29) is 16.5 Å². The molecule has 2 aromatic carbocycles. The summed E-state index contributed by atoms with van der Waals surface area (Å²) in [5, 5.41) is 0. The molecule has 0 spiro atoms. The first-order valence-electron chi connectivity index (χ1n) is 8.00. The fraction of sp³-hybridized carbons (Fsp3) is 0.316. The molecule has 0 aliphatic rings. The molecule has 0 bridgehead atoms. The van der Waals surface area contributed by atoms with Crippen LogP contribution in [-0.4, -0.2) is 31.8 Å². The lowest BCUT2D eigenvalue weighted by Gasteiger charge is -2.21.